The molecule has 8 heteroatoms. The number of carbonyl (C=O) groups is 3. The van der Waals surface area contributed by atoms with Gasteiger partial charge in [0.1, 0.15) is 24.1 Å². The van der Waals surface area contributed by atoms with Gasteiger partial charge < -0.3 is 19.8 Å². The third-order valence-corrected chi connectivity index (χ3v) is 2.25. The molecule has 0 fully saturated rings. The summed E-state index contributed by atoms with van der Waals surface area (Å²) in [6.45, 7) is 0. The minimum atomic E-state index is -1.56. The number of carboxylic acid groups (broad SMARTS) is 1. The average Bonchev–Trinajstić information content (AvgIpc) is 2.29. The Labute approximate surface area is 99.6 Å². The Morgan fingerprint density at radius 3 is 2.28 bits per heavy atom. The first-order valence-corrected chi connectivity index (χ1v) is 4.58. The number of rotatable bonds is 5. The van der Waals surface area contributed by atoms with Crippen molar-refractivity contribution in [1.29, 1.82) is 0 Å². The lowest BCUT2D eigenvalue weighted by atomic mass is 9.97. The van der Waals surface area contributed by atoms with E-state index in [0.29, 0.717) is 0 Å². The van der Waals surface area contributed by atoms with E-state index in [0.717, 1.165) is 12.1 Å². The Morgan fingerprint density at radius 1 is 1.33 bits per heavy atom. The number of carboxylic acids is 1. The van der Waals surface area contributed by atoms with Crippen molar-refractivity contribution >= 4 is 24.2 Å². The maximum Gasteiger partial charge on any atom is 0.339 e. The van der Waals surface area contributed by atoms with Crippen molar-refractivity contribution in [2.45, 2.75) is 5.92 Å². The van der Waals surface area contributed by atoms with Gasteiger partial charge in [0.25, 0.3) is 0 Å². The normalized spacial score (nSPS) is 10.1. The molecule has 0 aromatic heterocycles. The Hall–Kier alpha value is -2.77. The fourth-order valence-electron chi connectivity index (χ4n) is 1.41. The van der Waals surface area contributed by atoms with Crippen LogP contribution in [0.15, 0.2) is 12.1 Å². The summed E-state index contributed by atoms with van der Waals surface area (Å²) in [7, 11) is 0. The zero-order valence-corrected chi connectivity index (χ0v) is 8.77. The van der Waals surface area contributed by atoms with Gasteiger partial charge in [-0.2, -0.15) is 0 Å². The summed E-state index contributed by atoms with van der Waals surface area (Å²) in [5.74, 6) is -4.08. The van der Waals surface area contributed by atoms with Crippen LogP contribution < -0.4 is 0 Å². The van der Waals surface area contributed by atoms with Crippen LogP contribution in [0.3, 0.4) is 0 Å². The molecule has 1 rings (SSSR count). The first kappa shape index (κ1) is 13.3. The molecule has 8 nitrogen and oxygen atoms in total. The molecule has 0 aliphatic carbocycles. The maximum absolute atomic E-state index is 10.8. The Morgan fingerprint density at radius 2 is 1.89 bits per heavy atom. The highest BCUT2D eigenvalue weighted by atomic mass is 16.6. The lowest BCUT2D eigenvalue weighted by Crippen LogP contribution is -2.08. The molecule has 0 saturated heterocycles. The number of hydrogen-bond acceptors (Lipinski definition) is 6. The maximum atomic E-state index is 10.8. The topological polar surface area (TPSA) is 135 Å². The number of nitro benzene ring substituents is 1. The van der Waals surface area contributed by atoms with Crippen LogP contribution in [0.5, 0.6) is 5.75 Å². The number of nitrogens with zero attached hydrogens (tertiary/aromatic N) is 1. The number of aromatic hydroxyl groups is 1. The number of hydrogen-bond donors (Lipinski definition) is 2. The molecule has 0 spiro atoms. The highest BCUT2D eigenvalue weighted by molar-refractivity contribution is 5.94. The van der Waals surface area contributed by atoms with E-state index in [2.05, 4.69) is 0 Å². The monoisotopic (exact) mass is 253 g/mol. The summed E-state index contributed by atoms with van der Waals surface area (Å²) in [6.07, 6.45) is 0.324. The third-order valence-electron chi connectivity index (χ3n) is 2.25. The molecule has 1 aromatic rings. The van der Waals surface area contributed by atoms with Gasteiger partial charge in [-0.15, -0.1) is 0 Å². The van der Waals surface area contributed by atoms with E-state index in [-0.39, 0.29) is 18.1 Å². The largest absolute Gasteiger partial charge is 0.501 e. The summed E-state index contributed by atoms with van der Waals surface area (Å²) in [5.41, 5.74) is -1.99. The van der Waals surface area contributed by atoms with E-state index >= 15 is 0 Å². The van der Waals surface area contributed by atoms with Gasteiger partial charge in [-0.25, -0.2) is 4.79 Å². The van der Waals surface area contributed by atoms with Gasteiger partial charge in [0.15, 0.2) is 0 Å². The number of aromatic carboxylic acids is 1. The third kappa shape index (κ3) is 2.17. The van der Waals surface area contributed by atoms with Crippen molar-refractivity contribution < 1.29 is 29.5 Å². The first-order valence-electron chi connectivity index (χ1n) is 4.58. The van der Waals surface area contributed by atoms with Gasteiger partial charge in [-0.1, -0.05) is 0 Å². The average molecular weight is 253 g/mol. The van der Waals surface area contributed by atoms with Gasteiger partial charge >= 0.3 is 11.7 Å². The fraction of sp³-hybridized carbons (Fsp3) is 0.100. The molecule has 0 unspecified atom stereocenters. The Bertz CT molecular complexity index is 529. The number of nitro groups is 1. The molecule has 0 saturated carbocycles. The van der Waals surface area contributed by atoms with E-state index in [1.165, 1.54) is 0 Å². The standard InChI is InChI=1S/C10H7NO7/c12-3-5(4-13)6-1-2-7(10(15)16)9(14)8(6)11(17)18/h1-5,14H,(H,15,16). The molecule has 94 valence electrons. The zero-order valence-electron chi connectivity index (χ0n) is 8.77. The molecule has 0 aliphatic heterocycles. The highest BCUT2D eigenvalue weighted by Crippen LogP contribution is 2.36. The summed E-state index contributed by atoms with van der Waals surface area (Å²) in [6, 6.07) is 1.84. The lowest BCUT2D eigenvalue weighted by molar-refractivity contribution is -0.386. The smallest absolute Gasteiger partial charge is 0.339 e. The van der Waals surface area contributed by atoms with Gasteiger partial charge in [0, 0.05) is 0 Å². The van der Waals surface area contributed by atoms with Crippen LogP contribution in [0.2, 0.25) is 0 Å². The second kappa shape index (κ2) is 5.04. The number of carbonyl (C=O) groups excluding carboxylic acids is 2. The van der Waals surface area contributed by atoms with E-state index in [4.69, 9.17) is 5.11 Å². The second-order valence-corrected chi connectivity index (χ2v) is 3.26. The van der Waals surface area contributed by atoms with Crippen LogP contribution in [0.1, 0.15) is 21.8 Å². The molecular weight excluding hydrogens is 246 g/mol. The summed E-state index contributed by atoms with van der Waals surface area (Å²) in [5, 5.41) is 29.0. The van der Waals surface area contributed by atoms with Gasteiger partial charge in [-0.3, -0.25) is 10.1 Å². The Kier molecular flexibility index (Phi) is 3.72. The lowest BCUT2D eigenvalue weighted by Gasteiger charge is -2.07. The minimum Gasteiger partial charge on any atom is -0.501 e. The van der Waals surface area contributed by atoms with E-state index in [9.17, 15) is 29.6 Å². The van der Waals surface area contributed by atoms with Crippen LogP contribution in [-0.2, 0) is 9.59 Å². The molecule has 0 radical (unpaired) electrons. The van der Waals surface area contributed by atoms with Crippen molar-refractivity contribution in [2.24, 2.45) is 0 Å². The van der Waals surface area contributed by atoms with Gasteiger partial charge in [0.2, 0.25) is 5.75 Å². The van der Waals surface area contributed by atoms with Crippen molar-refractivity contribution in [3.63, 3.8) is 0 Å². The van der Waals surface area contributed by atoms with Crippen LogP contribution >= 0.6 is 0 Å². The predicted octanol–water partition coefficient (Wildman–Crippen LogP) is 0.480. The Balaban J connectivity index is 3.60. The van der Waals surface area contributed by atoms with Crippen molar-refractivity contribution in [3.05, 3.63) is 33.4 Å². The van der Waals surface area contributed by atoms with Crippen LogP contribution in [0, 0.1) is 10.1 Å². The molecule has 1 aromatic carbocycles. The summed E-state index contributed by atoms with van der Waals surface area (Å²) in [4.78, 5) is 41.6. The number of phenols is 1. The predicted molar refractivity (Wildman–Crippen MR) is 56.6 cm³/mol. The second-order valence-electron chi connectivity index (χ2n) is 3.26. The summed E-state index contributed by atoms with van der Waals surface area (Å²) < 4.78 is 0. The fourth-order valence-corrected chi connectivity index (χ4v) is 1.41. The minimum absolute atomic E-state index is 0.162. The van der Waals surface area contributed by atoms with E-state index in [1.807, 2.05) is 0 Å². The van der Waals surface area contributed by atoms with E-state index < -0.39 is 33.8 Å². The molecule has 0 atom stereocenters. The quantitative estimate of drug-likeness (QED) is 0.337. The molecular formula is C10H7NO7. The molecule has 2 N–H and O–H groups in total. The van der Waals surface area contributed by atoms with Crippen molar-refractivity contribution in [3.8, 4) is 5.75 Å². The highest BCUT2D eigenvalue weighted by Gasteiger charge is 2.29. The van der Waals surface area contributed by atoms with Gasteiger partial charge in [-0.05, 0) is 12.1 Å². The molecule has 0 aliphatic rings. The van der Waals surface area contributed by atoms with Crippen molar-refractivity contribution in [1.82, 2.24) is 0 Å². The summed E-state index contributed by atoms with van der Waals surface area (Å²) >= 11 is 0. The van der Waals surface area contributed by atoms with Crippen LogP contribution in [0.4, 0.5) is 5.69 Å². The van der Waals surface area contributed by atoms with Crippen LogP contribution in [-0.4, -0.2) is 33.7 Å². The number of benzene rings is 1. The van der Waals surface area contributed by atoms with Crippen molar-refractivity contribution in [2.75, 3.05) is 0 Å². The molecule has 18 heavy (non-hydrogen) atoms. The molecule has 0 bridgehead atoms. The molecule has 0 amide bonds. The van der Waals surface area contributed by atoms with Gasteiger partial charge in [0.05, 0.1) is 10.5 Å². The van der Waals surface area contributed by atoms with E-state index in [1.54, 1.807) is 0 Å². The zero-order chi connectivity index (χ0) is 13.9. The first-order chi connectivity index (χ1) is 8.43. The molecule has 0 heterocycles. The van der Waals surface area contributed by atoms with Crippen LogP contribution in [0.25, 0.3) is 0 Å². The SMILES string of the molecule is O=CC(C=O)c1ccc(C(=O)O)c(O)c1[N+](=O)[O-]. The number of aldehydes is 2.